The Morgan fingerprint density at radius 1 is 1.04 bits per heavy atom. The normalized spacial score (nSPS) is 10.6. The van der Waals surface area contributed by atoms with Crippen LogP contribution in [0.4, 0.5) is 15.8 Å². The fourth-order valence-corrected chi connectivity index (χ4v) is 2.14. The quantitative estimate of drug-likeness (QED) is 0.513. The van der Waals surface area contributed by atoms with E-state index in [4.69, 9.17) is 0 Å². The molecule has 0 fully saturated rings. The molecule has 0 saturated heterocycles. The van der Waals surface area contributed by atoms with Gasteiger partial charge in [-0.15, -0.1) is 10.2 Å². The first-order valence-electron chi connectivity index (χ1n) is 6.89. The molecule has 126 valence electrons. The van der Waals surface area contributed by atoms with Crippen molar-refractivity contribution >= 4 is 11.4 Å². The number of halogens is 1. The van der Waals surface area contributed by atoms with Gasteiger partial charge in [0.05, 0.1) is 22.5 Å². The van der Waals surface area contributed by atoms with Crippen LogP contribution >= 0.6 is 0 Å². The van der Waals surface area contributed by atoms with E-state index in [1.165, 1.54) is 6.07 Å². The Bertz CT molecular complexity index is 941. The van der Waals surface area contributed by atoms with Gasteiger partial charge in [0.1, 0.15) is 5.82 Å². The topological polar surface area (TPSA) is 130 Å². The Labute approximate surface area is 138 Å². The van der Waals surface area contributed by atoms with Crippen LogP contribution in [0.1, 0.15) is 5.56 Å². The molecule has 0 aliphatic carbocycles. The summed E-state index contributed by atoms with van der Waals surface area (Å²) >= 11 is 0. The highest BCUT2D eigenvalue weighted by Gasteiger charge is 2.19. The standard InChI is InChI=1S/C14H9FN6O4/c15-13-4-2-1-3-9(13)8-19-17-14(16-18-19)10-5-11(20(22)23)7-12(6-10)21(24)25/h1-7H,8H2. The molecular formula is C14H9FN6O4. The van der Waals surface area contributed by atoms with Crippen LogP contribution in [-0.4, -0.2) is 30.1 Å². The Morgan fingerprint density at radius 3 is 2.28 bits per heavy atom. The van der Waals surface area contributed by atoms with Crippen molar-refractivity contribution < 1.29 is 14.2 Å². The van der Waals surface area contributed by atoms with Crippen molar-refractivity contribution in [2.45, 2.75) is 6.54 Å². The number of benzene rings is 2. The molecule has 0 radical (unpaired) electrons. The van der Waals surface area contributed by atoms with Crippen LogP contribution < -0.4 is 0 Å². The average molecular weight is 344 g/mol. The summed E-state index contributed by atoms with van der Waals surface area (Å²) in [6, 6.07) is 9.09. The van der Waals surface area contributed by atoms with Crippen molar-refractivity contribution in [2.75, 3.05) is 0 Å². The molecule has 0 aliphatic rings. The number of nitro groups is 2. The van der Waals surface area contributed by atoms with E-state index in [1.807, 2.05) is 0 Å². The van der Waals surface area contributed by atoms with Crippen LogP contribution in [0.5, 0.6) is 0 Å². The molecule has 0 aliphatic heterocycles. The van der Waals surface area contributed by atoms with Gasteiger partial charge >= 0.3 is 0 Å². The fraction of sp³-hybridized carbons (Fsp3) is 0.0714. The molecule has 11 heteroatoms. The summed E-state index contributed by atoms with van der Waals surface area (Å²) in [5, 5.41) is 33.3. The van der Waals surface area contributed by atoms with Gasteiger partial charge < -0.3 is 0 Å². The van der Waals surface area contributed by atoms with Crippen LogP contribution in [0, 0.1) is 26.0 Å². The highest BCUT2D eigenvalue weighted by atomic mass is 19.1. The lowest BCUT2D eigenvalue weighted by Crippen LogP contribution is -2.05. The molecule has 3 rings (SSSR count). The van der Waals surface area contributed by atoms with Gasteiger partial charge in [0.2, 0.25) is 5.82 Å². The number of nitrogens with zero attached hydrogens (tertiary/aromatic N) is 6. The number of rotatable bonds is 5. The first-order valence-corrected chi connectivity index (χ1v) is 6.89. The molecule has 0 amide bonds. The Balaban J connectivity index is 1.95. The Hall–Kier alpha value is -3.76. The summed E-state index contributed by atoms with van der Waals surface area (Å²) in [5.41, 5.74) is -0.526. The van der Waals surface area contributed by atoms with Gasteiger partial charge in [0, 0.05) is 23.3 Å². The lowest BCUT2D eigenvalue weighted by atomic mass is 10.1. The first-order chi connectivity index (χ1) is 11.9. The first kappa shape index (κ1) is 16.1. The summed E-state index contributed by atoms with van der Waals surface area (Å²) < 4.78 is 13.6. The SMILES string of the molecule is O=[N+]([O-])c1cc(-c2nnn(Cc3ccccc3F)n2)cc([N+](=O)[O-])c1. The van der Waals surface area contributed by atoms with E-state index in [1.54, 1.807) is 18.2 Å². The van der Waals surface area contributed by atoms with Crippen LogP contribution in [0.15, 0.2) is 42.5 Å². The highest BCUT2D eigenvalue weighted by molar-refractivity contribution is 5.63. The molecule has 0 spiro atoms. The Kier molecular flexibility index (Phi) is 4.12. The monoisotopic (exact) mass is 344 g/mol. The molecule has 10 nitrogen and oxygen atoms in total. The zero-order valence-electron chi connectivity index (χ0n) is 12.4. The second kappa shape index (κ2) is 6.39. The number of non-ortho nitro benzene ring substituents is 2. The van der Waals surface area contributed by atoms with Crippen molar-refractivity contribution in [1.82, 2.24) is 20.2 Å². The second-order valence-electron chi connectivity index (χ2n) is 4.99. The minimum absolute atomic E-state index is 0.00328. The predicted octanol–water partition coefficient (Wildman–Crippen LogP) is 2.34. The van der Waals surface area contributed by atoms with Gasteiger partial charge in [-0.1, -0.05) is 18.2 Å². The summed E-state index contributed by atoms with van der Waals surface area (Å²) in [4.78, 5) is 21.4. The maximum Gasteiger partial charge on any atom is 0.277 e. The summed E-state index contributed by atoms with van der Waals surface area (Å²) in [6.07, 6.45) is 0. The van der Waals surface area contributed by atoms with Crippen LogP contribution in [0.3, 0.4) is 0 Å². The molecule has 0 N–H and O–H groups in total. The van der Waals surface area contributed by atoms with E-state index in [-0.39, 0.29) is 17.9 Å². The average Bonchev–Trinajstić information content (AvgIpc) is 3.05. The third kappa shape index (κ3) is 3.44. The van der Waals surface area contributed by atoms with E-state index in [0.717, 1.165) is 23.0 Å². The molecule has 1 heterocycles. The highest BCUT2D eigenvalue weighted by Crippen LogP contribution is 2.27. The van der Waals surface area contributed by atoms with Gasteiger partial charge in [0.25, 0.3) is 11.4 Å². The van der Waals surface area contributed by atoms with Crippen molar-refractivity contribution in [3.05, 3.63) is 74.1 Å². The lowest BCUT2D eigenvalue weighted by Gasteiger charge is -2.00. The van der Waals surface area contributed by atoms with Crippen LogP contribution in [-0.2, 0) is 6.54 Å². The number of aromatic nitrogens is 4. The van der Waals surface area contributed by atoms with Crippen molar-refractivity contribution in [1.29, 1.82) is 0 Å². The van der Waals surface area contributed by atoms with Crippen molar-refractivity contribution in [3.63, 3.8) is 0 Å². The Morgan fingerprint density at radius 2 is 1.68 bits per heavy atom. The van der Waals surface area contributed by atoms with Crippen molar-refractivity contribution in [3.8, 4) is 11.4 Å². The number of tetrazole rings is 1. The largest absolute Gasteiger partial charge is 0.277 e. The maximum atomic E-state index is 13.6. The minimum Gasteiger partial charge on any atom is -0.258 e. The molecule has 25 heavy (non-hydrogen) atoms. The zero-order valence-corrected chi connectivity index (χ0v) is 12.4. The van der Waals surface area contributed by atoms with E-state index in [9.17, 15) is 24.6 Å². The zero-order chi connectivity index (χ0) is 18.0. The summed E-state index contributed by atoms with van der Waals surface area (Å²) in [7, 11) is 0. The van der Waals surface area contributed by atoms with Crippen LogP contribution in [0.2, 0.25) is 0 Å². The smallest absolute Gasteiger partial charge is 0.258 e. The summed E-state index contributed by atoms with van der Waals surface area (Å²) in [6.45, 7) is -0.00328. The summed E-state index contributed by atoms with van der Waals surface area (Å²) in [5.74, 6) is -0.476. The molecule has 0 saturated carbocycles. The maximum absolute atomic E-state index is 13.6. The third-order valence-electron chi connectivity index (χ3n) is 3.30. The van der Waals surface area contributed by atoms with E-state index in [2.05, 4.69) is 15.4 Å². The molecule has 2 aromatic carbocycles. The van der Waals surface area contributed by atoms with Gasteiger partial charge in [-0.3, -0.25) is 20.2 Å². The van der Waals surface area contributed by atoms with Gasteiger partial charge in [-0.25, -0.2) is 4.39 Å². The van der Waals surface area contributed by atoms with Gasteiger partial charge in [-0.05, 0) is 11.3 Å². The molecule has 1 aromatic heterocycles. The third-order valence-corrected chi connectivity index (χ3v) is 3.30. The molecule has 0 bridgehead atoms. The van der Waals surface area contributed by atoms with E-state index < -0.39 is 27.0 Å². The lowest BCUT2D eigenvalue weighted by molar-refractivity contribution is -0.394. The molecule has 3 aromatic rings. The molecule has 0 unspecified atom stereocenters. The van der Waals surface area contributed by atoms with Gasteiger partial charge in [0.15, 0.2) is 0 Å². The van der Waals surface area contributed by atoms with Gasteiger partial charge in [-0.2, -0.15) is 4.80 Å². The molecule has 0 atom stereocenters. The number of hydrogen-bond acceptors (Lipinski definition) is 7. The molecular weight excluding hydrogens is 335 g/mol. The van der Waals surface area contributed by atoms with E-state index >= 15 is 0 Å². The minimum atomic E-state index is -0.750. The fourth-order valence-electron chi connectivity index (χ4n) is 2.14. The van der Waals surface area contributed by atoms with Crippen LogP contribution in [0.25, 0.3) is 11.4 Å². The number of nitro benzene ring substituents is 2. The second-order valence-corrected chi connectivity index (χ2v) is 4.99. The van der Waals surface area contributed by atoms with E-state index in [0.29, 0.717) is 5.56 Å². The predicted molar refractivity (Wildman–Crippen MR) is 82.1 cm³/mol. The van der Waals surface area contributed by atoms with Crippen molar-refractivity contribution in [2.24, 2.45) is 0 Å². The number of hydrogen-bond donors (Lipinski definition) is 0.